The summed E-state index contributed by atoms with van der Waals surface area (Å²) in [7, 11) is 4.76. The minimum absolute atomic E-state index is 0.186. The summed E-state index contributed by atoms with van der Waals surface area (Å²) in [6.07, 6.45) is 0. The molecule has 36 heavy (non-hydrogen) atoms. The number of amides is 2. The molecule has 1 aromatic heterocycles. The molecule has 0 fully saturated rings. The highest BCUT2D eigenvalue weighted by atomic mass is 16.5. The summed E-state index contributed by atoms with van der Waals surface area (Å²) in [6.45, 7) is 1.76. The summed E-state index contributed by atoms with van der Waals surface area (Å²) in [5.41, 5.74) is 2.22. The van der Waals surface area contributed by atoms with Gasteiger partial charge in [0.05, 0.1) is 25.6 Å². The third-order valence-corrected chi connectivity index (χ3v) is 5.82. The lowest BCUT2D eigenvalue weighted by atomic mass is 10.1. The number of aromatic nitrogens is 2. The number of anilines is 2. The number of hydrogen-bond donors (Lipinski definition) is 2. The van der Waals surface area contributed by atoms with Crippen LogP contribution < -0.4 is 25.7 Å². The molecular weight excluding hydrogens is 460 g/mol. The second kappa shape index (κ2) is 10.2. The van der Waals surface area contributed by atoms with Gasteiger partial charge in [-0.05, 0) is 55.5 Å². The average molecular weight is 487 g/mol. The Morgan fingerprint density at radius 1 is 0.778 bits per heavy atom. The zero-order valence-corrected chi connectivity index (χ0v) is 20.4. The van der Waals surface area contributed by atoms with E-state index in [-0.39, 0.29) is 22.7 Å². The summed E-state index contributed by atoms with van der Waals surface area (Å²) in [4.78, 5) is 38.9. The number of ether oxygens (including phenoxy) is 2. The first-order chi connectivity index (χ1) is 17.3. The Labute approximate surface area is 207 Å². The molecule has 0 saturated heterocycles. The fourth-order valence-corrected chi connectivity index (χ4v) is 3.82. The fourth-order valence-electron chi connectivity index (χ4n) is 3.82. The third kappa shape index (κ3) is 4.72. The van der Waals surface area contributed by atoms with Crippen molar-refractivity contribution >= 4 is 23.2 Å². The topological polar surface area (TPSA) is 104 Å². The quantitative estimate of drug-likeness (QED) is 0.411. The van der Waals surface area contributed by atoms with Gasteiger partial charge in [-0.2, -0.15) is 0 Å². The molecule has 0 atom stereocenters. The van der Waals surface area contributed by atoms with E-state index in [0.29, 0.717) is 34.1 Å². The average Bonchev–Trinajstić information content (AvgIpc) is 3.11. The van der Waals surface area contributed by atoms with Gasteiger partial charge < -0.3 is 20.1 Å². The lowest BCUT2D eigenvalue weighted by molar-refractivity contribution is 0.101. The lowest BCUT2D eigenvalue weighted by Crippen LogP contribution is -2.23. The van der Waals surface area contributed by atoms with E-state index in [1.165, 1.54) is 18.9 Å². The zero-order valence-electron chi connectivity index (χ0n) is 20.4. The van der Waals surface area contributed by atoms with E-state index in [4.69, 9.17) is 9.47 Å². The van der Waals surface area contributed by atoms with Crippen molar-refractivity contribution in [3.05, 3.63) is 100.0 Å². The van der Waals surface area contributed by atoms with E-state index < -0.39 is 5.91 Å². The molecule has 0 spiro atoms. The molecule has 0 aliphatic heterocycles. The van der Waals surface area contributed by atoms with Crippen LogP contribution in [0.15, 0.2) is 77.6 Å². The maximum absolute atomic E-state index is 13.1. The van der Waals surface area contributed by atoms with Gasteiger partial charge in [0.2, 0.25) is 0 Å². The van der Waals surface area contributed by atoms with E-state index in [1.54, 1.807) is 61.1 Å². The molecule has 9 heteroatoms. The summed E-state index contributed by atoms with van der Waals surface area (Å²) >= 11 is 0. The second-order valence-corrected chi connectivity index (χ2v) is 8.00. The normalized spacial score (nSPS) is 10.6. The monoisotopic (exact) mass is 486 g/mol. The number of rotatable bonds is 7. The molecule has 4 aromatic rings. The third-order valence-electron chi connectivity index (χ3n) is 5.82. The molecule has 4 rings (SSSR count). The number of carbonyl (C=O) groups is 2. The molecular formula is C27H26N4O5. The first-order valence-electron chi connectivity index (χ1n) is 11.1. The van der Waals surface area contributed by atoms with E-state index in [1.807, 2.05) is 30.3 Å². The van der Waals surface area contributed by atoms with Crippen LogP contribution >= 0.6 is 0 Å². The van der Waals surface area contributed by atoms with Gasteiger partial charge in [0.15, 0.2) is 11.5 Å². The van der Waals surface area contributed by atoms with Gasteiger partial charge in [-0.1, -0.05) is 24.3 Å². The Kier molecular flexibility index (Phi) is 6.91. The van der Waals surface area contributed by atoms with Crippen LogP contribution in [0.4, 0.5) is 11.4 Å². The fraction of sp³-hybridized carbons (Fsp3) is 0.148. The summed E-state index contributed by atoms with van der Waals surface area (Å²) < 4.78 is 13.6. The van der Waals surface area contributed by atoms with Crippen LogP contribution in [0.2, 0.25) is 0 Å². The first kappa shape index (κ1) is 24.3. The molecule has 184 valence electrons. The highest BCUT2D eigenvalue weighted by molar-refractivity contribution is 6.07. The molecule has 0 radical (unpaired) electrons. The van der Waals surface area contributed by atoms with E-state index >= 15 is 0 Å². The van der Waals surface area contributed by atoms with Crippen LogP contribution in [0.25, 0.3) is 5.69 Å². The van der Waals surface area contributed by atoms with Gasteiger partial charge in [-0.15, -0.1) is 0 Å². The predicted molar refractivity (Wildman–Crippen MR) is 138 cm³/mol. The number of methoxy groups -OCH3 is 2. The Bertz CT molecular complexity index is 1490. The molecule has 2 N–H and O–H groups in total. The van der Waals surface area contributed by atoms with Gasteiger partial charge in [-0.3, -0.25) is 19.1 Å². The maximum atomic E-state index is 13.1. The van der Waals surface area contributed by atoms with Crippen LogP contribution in [0.3, 0.4) is 0 Å². The molecule has 0 bridgehead atoms. The number of nitrogens with one attached hydrogen (secondary N) is 2. The molecule has 0 aliphatic rings. The van der Waals surface area contributed by atoms with Crippen molar-refractivity contribution in [3.8, 4) is 17.2 Å². The second-order valence-electron chi connectivity index (χ2n) is 8.00. The molecule has 1 heterocycles. The largest absolute Gasteiger partial charge is 0.493 e. The number of nitrogens with zero attached hydrogens (tertiary/aromatic N) is 2. The van der Waals surface area contributed by atoms with Crippen LogP contribution in [-0.4, -0.2) is 35.4 Å². The predicted octanol–water partition coefficient (Wildman–Crippen LogP) is 4.01. The first-order valence-corrected chi connectivity index (χ1v) is 11.1. The number of hydrogen-bond acceptors (Lipinski definition) is 5. The minimum atomic E-state index is -0.469. The van der Waals surface area contributed by atoms with Crippen molar-refractivity contribution in [2.75, 3.05) is 24.9 Å². The summed E-state index contributed by atoms with van der Waals surface area (Å²) in [5.74, 6) is 0.0920. The number of para-hydroxylation sites is 1. The smallest absolute Gasteiger partial charge is 0.295 e. The highest BCUT2D eigenvalue weighted by Crippen LogP contribution is 2.28. The lowest BCUT2D eigenvalue weighted by Gasteiger charge is -2.11. The minimum Gasteiger partial charge on any atom is -0.493 e. The van der Waals surface area contributed by atoms with Crippen LogP contribution in [0, 0.1) is 6.92 Å². The number of benzene rings is 3. The van der Waals surface area contributed by atoms with Gasteiger partial charge in [0, 0.05) is 23.9 Å². The van der Waals surface area contributed by atoms with Crippen molar-refractivity contribution in [2.24, 2.45) is 7.05 Å². The Morgan fingerprint density at radius 3 is 2.14 bits per heavy atom. The summed E-state index contributed by atoms with van der Waals surface area (Å²) in [5, 5.41) is 5.51. The van der Waals surface area contributed by atoms with Gasteiger partial charge >= 0.3 is 0 Å². The SMILES string of the molecule is COc1ccc(C(=O)Nc2cccc(C(=O)Nc3c(C)n(C)n(-c4ccccc4)c3=O)c2)cc1OC. The van der Waals surface area contributed by atoms with Crippen molar-refractivity contribution < 1.29 is 19.1 Å². The Morgan fingerprint density at radius 2 is 1.44 bits per heavy atom. The van der Waals surface area contributed by atoms with Crippen LogP contribution in [-0.2, 0) is 7.05 Å². The van der Waals surface area contributed by atoms with Crippen molar-refractivity contribution in [1.82, 2.24) is 9.36 Å². The van der Waals surface area contributed by atoms with Gasteiger partial charge in [0.25, 0.3) is 17.4 Å². The van der Waals surface area contributed by atoms with E-state index in [2.05, 4.69) is 10.6 Å². The van der Waals surface area contributed by atoms with Crippen LogP contribution in [0.1, 0.15) is 26.4 Å². The van der Waals surface area contributed by atoms with Gasteiger partial charge in [0.1, 0.15) is 5.69 Å². The van der Waals surface area contributed by atoms with Crippen molar-refractivity contribution in [2.45, 2.75) is 6.92 Å². The Balaban J connectivity index is 1.55. The molecule has 0 aliphatic carbocycles. The van der Waals surface area contributed by atoms with E-state index in [9.17, 15) is 14.4 Å². The van der Waals surface area contributed by atoms with Crippen molar-refractivity contribution in [3.63, 3.8) is 0 Å². The molecule has 3 aromatic carbocycles. The molecule has 0 unspecified atom stereocenters. The van der Waals surface area contributed by atoms with Crippen LogP contribution in [0.5, 0.6) is 11.5 Å². The maximum Gasteiger partial charge on any atom is 0.295 e. The number of carbonyl (C=O) groups excluding carboxylic acids is 2. The zero-order chi connectivity index (χ0) is 25.8. The van der Waals surface area contributed by atoms with Crippen molar-refractivity contribution in [1.29, 1.82) is 0 Å². The van der Waals surface area contributed by atoms with Gasteiger partial charge in [-0.25, -0.2) is 4.68 Å². The standard InChI is InChI=1S/C27H26N4O5/c1-17-24(27(34)31(30(17)2)21-11-6-5-7-12-21)29-26(33)18-9-8-10-20(15-18)28-25(32)19-13-14-22(35-3)23(16-19)36-4/h5-16H,1-4H3,(H,28,32)(H,29,33). The van der Waals surface area contributed by atoms with E-state index in [0.717, 1.165) is 0 Å². The molecule has 2 amide bonds. The highest BCUT2D eigenvalue weighted by Gasteiger charge is 2.19. The molecule has 9 nitrogen and oxygen atoms in total. The molecule has 0 saturated carbocycles. The summed E-state index contributed by atoms with van der Waals surface area (Å²) in [6, 6.07) is 20.5. The Hall–Kier alpha value is -4.79.